The molecule has 0 saturated heterocycles. The molecule has 2 atom stereocenters. The highest BCUT2D eigenvalue weighted by molar-refractivity contribution is 5.95. The molecule has 4 aromatic rings. The van der Waals surface area contributed by atoms with Crippen LogP contribution in [0.25, 0.3) is 11.1 Å². The van der Waals surface area contributed by atoms with Crippen molar-refractivity contribution in [3.8, 4) is 11.1 Å². The molecule has 1 aliphatic carbocycles. The molecule has 0 amide bonds. The van der Waals surface area contributed by atoms with Crippen LogP contribution in [0, 0.1) is 17.5 Å². The van der Waals surface area contributed by atoms with E-state index in [0.29, 0.717) is 42.1 Å². The monoisotopic (exact) mass is 598 g/mol. The van der Waals surface area contributed by atoms with Crippen LogP contribution in [0.2, 0.25) is 0 Å². The first-order chi connectivity index (χ1) is 20.5. The van der Waals surface area contributed by atoms with Crippen LogP contribution in [0.5, 0.6) is 0 Å². The van der Waals surface area contributed by atoms with Crippen LogP contribution in [0.3, 0.4) is 0 Å². The molecule has 0 aliphatic heterocycles. The molecule has 0 fully saturated rings. The van der Waals surface area contributed by atoms with E-state index in [0.717, 1.165) is 22.9 Å². The Bertz CT molecular complexity index is 1670. The van der Waals surface area contributed by atoms with Gasteiger partial charge in [-0.3, -0.25) is 14.3 Å². The Morgan fingerprint density at radius 3 is 2.51 bits per heavy atom. The van der Waals surface area contributed by atoms with Gasteiger partial charge in [-0.15, -0.1) is 0 Å². The van der Waals surface area contributed by atoms with Gasteiger partial charge >= 0.3 is 0 Å². The lowest BCUT2D eigenvalue weighted by Crippen LogP contribution is -2.21. The zero-order valence-corrected chi connectivity index (χ0v) is 23.0. The minimum absolute atomic E-state index is 0.0483. The van der Waals surface area contributed by atoms with E-state index < -0.39 is 59.7 Å². The molecule has 0 saturated carbocycles. The third-order valence-electron chi connectivity index (χ3n) is 7.54. The van der Waals surface area contributed by atoms with Crippen LogP contribution in [0.1, 0.15) is 83.2 Å². The molecule has 2 heterocycles. The molecule has 2 aromatic carbocycles. The first kappa shape index (κ1) is 30.1. The molecule has 12 heteroatoms. The average molecular weight is 599 g/mol. The van der Waals surface area contributed by atoms with Gasteiger partial charge in [0.05, 0.1) is 29.6 Å². The van der Waals surface area contributed by atoms with Gasteiger partial charge in [0.15, 0.2) is 11.6 Å². The van der Waals surface area contributed by atoms with E-state index in [1.165, 1.54) is 31.6 Å². The van der Waals surface area contributed by atoms with Gasteiger partial charge in [0, 0.05) is 35.7 Å². The summed E-state index contributed by atoms with van der Waals surface area (Å²) in [6.45, 7) is 0.792. The third-order valence-corrected chi connectivity index (χ3v) is 7.54. The maximum atomic E-state index is 14.3. The number of Topliss-reactive ketones (excluding diaryl/α,β-unsaturated/α-hetero) is 2. The van der Waals surface area contributed by atoms with Crippen molar-refractivity contribution in [2.45, 2.75) is 64.0 Å². The normalized spacial score (nSPS) is 15.4. The Kier molecular flexibility index (Phi) is 8.77. The molecule has 1 aliphatic rings. The second-order valence-corrected chi connectivity index (χ2v) is 10.6. The third kappa shape index (κ3) is 6.53. The summed E-state index contributed by atoms with van der Waals surface area (Å²) >= 11 is 0. The second-order valence-electron chi connectivity index (χ2n) is 10.6. The number of benzene rings is 2. The summed E-state index contributed by atoms with van der Waals surface area (Å²) in [6.07, 6.45) is -0.428. The summed E-state index contributed by atoms with van der Waals surface area (Å²) in [5.74, 6) is -4.12. The molecular weight excluding hydrogens is 571 g/mol. The van der Waals surface area contributed by atoms with Crippen molar-refractivity contribution in [3.63, 3.8) is 0 Å². The average Bonchev–Trinajstić information content (AvgIpc) is 3.32. The molecule has 0 bridgehead atoms. The molecule has 2 aromatic heterocycles. The number of fused-ring (bicyclic) bond motifs is 1. The smallest absolute Gasteiger partial charge is 0.282 e. The summed E-state index contributed by atoms with van der Waals surface area (Å²) in [5, 5.41) is 14.5. The standard InChI is InChI=1S/C31H27F5N4O3/c1-16(41)24-11-18(5-6-26(24)34)25-13-37-15-38-28(25)19(7-17-8-20(32)12-21(33)9-17)10-22(42)14-40-30-23(3-2-4-27(30)43)29(39-40)31(35)36/h5-6,8-9,11-13,15,19,27,31,43H,2-4,7,10,14H2,1H3/t19-,27?/m1/s1. The van der Waals surface area contributed by atoms with E-state index in [1.807, 2.05) is 0 Å². The van der Waals surface area contributed by atoms with Crippen LogP contribution >= 0.6 is 0 Å². The van der Waals surface area contributed by atoms with Gasteiger partial charge in [0.2, 0.25) is 0 Å². The Labute approximate surface area is 243 Å². The molecule has 0 spiro atoms. The number of hydrogen-bond donors (Lipinski definition) is 1. The van der Waals surface area contributed by atoms with Crippen molar-refractivity contribution in [3.05, 3.63) is 100 Å². The molecule has 7 nitrogen and oxygen atoms in total. The van der Waals surface area contributed by atoms with E-state index in [4.69, 9.17) is 0 Å². The van der Waals surface area contributed by atoms with Gasteiger partial charge in [-0.25, -0.2) is 31.9 Å². The maximum Gasteiger partial charge on any atom is 0.282 e. The lowest BCUT2D eigenvalue weighted by atomic mass is 9.87. The van der Waals surface area contributed by atoms with Gasteiger partial charge in [0.25, 0.3) is 6.43 Å². The van der Waals surface area contributed by atoms with Crippen molar-refractivity contribution in [1.82, 2.24) is 19.7 Å². The Balaban J connectivity index is 1.53. The number of ketones is 2. The molecular formula is C31H27F5N4O3. The molecule has 5 rings (SSSR count). The van der Waals surface area contributed by atoms with Crippen molar-refractivity contribution in [2.75, 3.05) is 0 Å². The Morgan fingerprint density at radius 2 is 1.81 bits per heavy atom. The summed E-state index contributed by atoms with van der Waals surface area (Å²) in [4.78, 5) is 33.9. The number of carbonyl (C=O) groups is 2. The molecule has 1 N–H and O–H groups in total. The molecule has 0 radical (unpaired) electrons. The maximum absolute atomic E-state index is 14.3. The number of aromatic nitrogens is 4. The minimum atomic E-state index is -2.88. The number of halogens is 5. The van der Waals surface area contributed by atoms with Crippen LogP contribution in [-0.4, -0.2) is 36.4 Å². The predicted octanol–water partition coefficient (Wildman–Crippen LogP) is 6.25. The van der Waals surface area contributed by atoms with Crippen LogP contribution < -0.4 is 0 Å². The number of aliphatic hydroxyl groups is 1. The molecule has 1 unspecified atom stereocenters. The largest absolute Gasteiger partial charge is 0.387 e. The van der Waals surface area contributed by atoms with Gasteiger partial charge in [0.1, 0.15) is 29.5 Å². The number of rotatable bonds is 10. The van der Waals surface area contributed by atoms with Gasteiger partial charge in [-0.1, -0.05) is 6.07 Å². The number of nitrogens with zero attached hydrogens (tertiary/aromatic N) is 4. The van der Waals surface area contributed by atoms with Crippen LogP contribution in [0.15, 0.2) is 48.9 Å². The van der Waals surface area contributed by atoms with Crippen molar-refractivity contribution in [1.29, 1.82) is 0 Å². The fourth-order valence-electron chi connectivity index (χ4n) is 5.70. The quantitative estimate of drug-likeness (QED) is 0.171. The zero-order valence-electron chi connectivity index (χ0n) is 23.0. The number of aliphatic hydroxyl groups excluding tert-OH is 1. The Morgan fingerprint density at radius 1 is 1.07 bits per heavy atom. The number of carbonyl (C=O) groups excluding carboxylic acids is 2. The summed E-state index contributed by atoms with van der Waals surface area (Å²) in [5.41, 5.74) is 1.07. The van der Waals surface area contributed by atoms with E-state index in [1.54, 1.807) is 0 Å². The predicted molar refractivity (Wildman–Crippen MR) is 145 cm³/mol. The summed E-state index contributed by atoms with van der Waals surface area (Å²) < 4.78 is 71.0. The SMILES string of the molecule is CC(=O)c1cc(-c2cncnc2[C@@H](CC(=O)Cn2nc(C(F)F)c3c2C(O)CCC3)Cc2cc(F)cc(F)c2)ccc1F. The first-order valence-corrected chi connectivity index (χ1v) is 13.6. The zero-order chi connectivity index (χ0) is 30.8. The number of alkyl halides is 2. The topological polar surface area (TPSA) is 98.0 Å². The van der Waals surface area contributed by atoms with Crippen molar-refractivity contribution < 1.29 is 36.6 Å². The lowest BCUT2D eigenvalue weighted by Gasteiger charge is -2.21. The lowest BCUT2D eigenvalue weighted by molar-refractivity contribution is -0.120. The van der Waals surface area contributed by atoms with Crippen molar-refractivity contribution in [2.24, 2.45) is 0 Å². The highest BCUT2D eigenvalue weighted by atomic mass is 19.3. The fourth-order valence-corrected chi connectivity index (χ4v) is 5.70. The summed E-state index contributed by atoms with van der Waals surface area (Å²) in [6, 6.07) is 6.86. The Hall–Kier alpha value is -4.32. The highest BCUT2D eigenvalue weighted by Gasteiger charge is 2.32. The fraction of sp³-hybridized carbons (Fsp3) is 0.323. The molecule has 224 valence electrons. The van der Waals surface area contributed by atoms with Crippen LogP contribution in [-0.2, 0) is 24.2 Å². The summed E-state index contributed by atoms with van der Waals surface area (Å²) in [7, 11) is 0. The van der Waals surface area contributed by atoms with E-state index in [-0.39, 0.29) is 35.2 Å². The van der Waals surface area contributed by atoms with E-state index >= 15 is 0 Å². The van der Waals surface area contributed by atoms with Gasteiger partial charge in [-0.2, -0.15) is 5.10 Å². The van der Waals surface area contributed by atoms with Gasteiger partial charge < -0.3 is 5.11 Å². The first-order valence-electron chi connectivity index (χ1n) is 13.6. The van der Waals surface area contributed by atoms with Crippen molar-refractivity contribution >= 4 is 11.6 Å². The van der Waals surface area contributed by atoms with Crippen LogP contribution in [0.4, 0.5) is 22.0 Å². The van der Waals surface area contributed by atoms with E-state index in [9.17, 15) is 36.6 Å². The van der Waals surface area contributed by atoms with Gasteiger partial charge in [-0.05, 0) is 68.0 Å². The van der Waals surface area contributed by atoms with E-state index in [2.05, 4.69) is 15.1 Å². The number of hydrogen-bond acceptors (Lipinski definition) is 6. The highest BCUT2D eigenvalue weighted by Crippen LogP contribution is 2.37. The second kappa shape index (κ2) is 12.5. The minimum Gasteiger partial charge on any atom is -0.387 e. The molecule has 43 heavy (non-hydrogen) atoms.